The van der Waals surface area contributed by atoms with E-state index in [1.165, 1.54) is 0 Å². The van der Waals surface area contributed by atoms with E-state index in [1.807, 2.05) is 0 Å². The summed E-state index contributed by atoms with van der Waals surface area (Å²) in [4.78, 5) is 0. The number of hydrogen-bond acceptors (Lipinski definition) is 2. The molecule has 0 saturated heterocycles. The summed E-state index contributed by atoms with van der Waals surface area (Å²) in [5.74, 6) is -1.75. The van der Waals surface area contributed by atoms with Crippen LogP contribution in [0.4, 0.5) is 8.78 Å². The minimum Gasteiger partial charge on any atom is -0.207 e. The van der Waals surface area contributed by atoms with Crippen molar-refractivity contribution in [3.8, 4) is 12.1 Å². The van der Waals surface area contributed by atoms with Gasteiger partial charge in [-0.1, -0.05) is 11.6 Å². The quantitative estimate of drug-likeness (QED) is 0.544. The van der Waals surface area contributed by atoms with Gasteiger partial charge in [-0.25, -0.2) is 8.78 Å². The lowest BCUT2D eigenvalue weighted by molar-refractivity contribution is 0.583. The molecule has 0 fully saturated rings. The van der Waals surface area contributed by atoms with Gasteiger partial charge in [-0.15, -0.1) is 0 Å². The summed E-state index contributed by atoms with van der Waals surface area (Å²) in [6.45, 7) is 0. The van der Waals surface area contributed by atoms with E-state index in [-0.39, 0.29) is 16.2 Å². The van der Waals surface area contributed by atoms with Crippen molar-refractivity contribution in [1.29, 1.82) is 10.5 Å². The molecule has 74 valence electrons. The molecule has 1 rings (SSSR count). The van der Waals surface area contributed by atoms with Gasteiger partial charge in [0.2, 0.25) is 0 Å². The lowest BCUT2D eigenvalue weighted by Crippen LogP contribution is -1.86. The average Bonchev–Trinajstić information content (AvgIpc) is 2.21. The fourth-order valence-corrected chi connectivity index (χ4v) is 1.09. The van der Waals surface area contributed by atoms with Gasteiger partial charge in [0.15, 0.2) is 0 Å². The van der Waals surface area contributed by atoms with Crippen LogP contribution in [0.5, 0.6) is 0 Å². The highest BCUT2D eigenvalue weighted by molar-refractivity contribution is 6.32. The molecule has 5 heteroatoms. The van der Waals surface area contributed by atoms with Gasteiger partial charge in [-0.05, 0) is 12.1 Å². The lowest BCUT2D eigenvalue weighted by Gasteiger charge is -1.99. The van der Waals surface area contributed by atoms with Gasteiger partial charge < -0.3 is 0 Å². The molecule has 0 atom stereocenters. The van der Waals surface area contributed by atoms with Crippen molar-refractivity contribution in [3.63, 3.8) is 0 Å². The first-order valence-electron chi connectivity index (χ1n) is 3.75. The molecule has 0 amide bonds. The SMILES string of the molecule is N#CC(C#N)=Cc1cc(F)cc(F)c1Cl. The summed E-state index contributed by atoms with van der Waals surface area (Å²) in [5, 5.41) is 16.6. The molecule has 0 spiro atoms. The van der Waals surface area contributed by atoms with Crippen LogP contribution in [0.15, 0.2) is 17.7 Å². The molecule has 0 radical (unpaired) electrons. The maximum absolute atomic E-state index is 12.9. The Morgan fingerprint density at radius 1 is 1.27 bits per heavy atom. The zero-order chi connectivity index (χ0) is 11.4. The minimum absolute atomic E-state index is 0.0349. The molecule has 0 unspecified atom stereocenters. The lowest BCUT2D eigenvalue weighted by atomic mass is 10.1. The molecule has 0 aliphatic rings. The number of benzene rings is 1. The third-order valence-electron chi connectivity index (χ3n) is 1.56. The molecule has 2 nitrogen and oxygen atoms in total. The van der Waals surface area contributed by atoms with Crippen molar-refractivity contribution in [2.24, 2.45) is 0 Å². The van der Waals surface area contributed by atoms with Crippen LogP contribution in [0.3, 0.4) is 0 Å². The van der Waals surface area contributed by atoms with E-state index in [1.54, 1.807) is 12.1 Å². The van der Waals surface area contributed by atoms with Gasteiger partial charge in [0, 0.05) is 11.6 Å². The van der Waals surface area contributed by atoms with Crippen molar-refractivity contribution in [1.82, 2.24) is 0 Å². The molecule has 1 aromatic carbocycles. The van der Waals surface area contributed by atoms with Gasteiger partial charge in [0.05, 0.1) is 5.02 Å². The number of nitriles is 2. The van der Waals surface area contributed by atoms with Crippen LogP contribution >= 0.6 is 11.6 Å². The van der Waals surface area contributed by atoms with Gasteiger partial charge in [-0.2, -0.15) is 10.5 Å². The van der Waals surface area contributed by atoms with E-state index < -0.39 is 11.6 Å². The van der Waals surface area contributed by atoms with Gasteiger partial charge in [-0.3, -0.25) is 0 Å². The average molecular weight is 225 g/mol. The fourth-order valence-electron chi connectivity index (χ4n) is 0.926. The second-order valence-corrected chi connectivity index (χ2v) is 2.95. The van der Waals surface area contributed by atoms with E-state index in [0.29, 0.717) is 6.07 Å². The van der Waals surface area contributed by atoms with E-state index in [4.69, 9.17) is 22.1 Å². The Hall–Kier alpha value is -1.91. The minimum atomic E-state index is -0.932. The molecular formula is C10H3ClF2N2. The highest BCUT2D eigenvalue weighted by Gasteiger charge is 2.08. The molecule has 15 heavy (non-hydrogen) atoms. The summed E-state index contributed by atoms with van der Waals surface area (Å²) in [6.07, 6.45) is 1.02. The summed E-state index contributed by atoms with van der Waals surface area (Å²) in [7, 11) is 0. The second-order valence-electron chi connectivity index (χ2n) is 2.57. The normalized spacial score (nSPS) is 8.87. The second kappa shape index (κ2) is 4.54. The largest absolute Gasteiger partial charge is 0.207 e. The van der Waals surface area contributed by atoms with Crippen LogP contribution in [-0.4, -0.2) is 0 Å². The van der Waals surface area contributed by atoms with E-state index in [0.717, 1.165) is 12.1 Å². The predicted molar refractivity (Wildman–Crippen MR) is 50.6 cm³/mol. The smallest absolute Gasteiger partial charge is 0.145 e. The maximum atomic E-state index is 12.9. The summed E-state index contributed by atoms with van der Waals surface area (Å²) in [5.41, 5.74) is -0.311. The molecule has 0 bridgehead atoms. The van der Waals surface area contributed by atoms with Crippen molar-refractivity contribution in [2.75, 3.05) is 0 Å². The van der Waals surface area contributed by atoms with Crippen molar-refractivity contribution in [2.45, 2.75) is 0 Å². The maximum Gasteiger partial charge on any atom is 0.145 e. The third-order valence-corrected chi connectivity index (χ3v) is 1.96. The van der Waals surface area contributed by atoms with Crippen molar-refractivity contribution >= 4 is 17.7 Å². The predicted octanol–water partition coefficient (Wildman–Crippen LogP) is 3.05. The van der Waals surface area contributed by atoms with Crippen LogP contribution in [0, 0.1) is 34.3 Å². The zero-order valence-electron chi connectivity index (χ0n) is 7.26. The molecule has 0 saturated carbocycles. The summed E-state index contributed by atoms with van der Waals surface area (Å²) < 4.78 is 25.7. The van der Waals surface area contributed by atoms with E-state index in [9.17, 15) is 8.78 Å². The first kappa shape index (κ1) is 11.2. The molecule has 0 aromatic heterocycles. The van der Waals surface area contributed by atoms with Crippen LogP contribution in [0.2, 0.25) is 5.02 Å². The Morgan fingerprint density at radius 2 is 1.87 bits per heavy atom. The summed E-state index contributed by atoms with van der Waals surface area (Å²) >= 11 is 5.52. The first-order chi connectivity index (χ1) is 7.08. The van der Waals surface area contributed by atoms with Crippen LogP contribution in [0.25, 0.3) is 6.08 Å². The van der Waals surface area contributed by atoms with Crippen LogP contribution < -0.4 is 0 Å². The first-order valence-corrected chi connectivity index (χ1v) is 4.12. The van der Waals surface area contributed by atoms with Crippen molar-refractivity contribution < 1.29 is 8.78 Å². The van der Waals surface area contributed by atoms with E-state index in [2.05, 4.69) is 0 Å². The Balaban J connectivity index is 3.35. The molecule has 0 aliphatic carbocycles. The Kier molecular flexibility index (Phi) is 3.38. The molecule has 0 aliphatic heterocycles. The zero-order valence-corrected chi connectivity index (χ0v) is 8.02. The van der Waals surface area contributed by atoms with Crippen LogP contribution in [0.1, 0.15) is 5.56 Å². The fraction of sp³-hybridized carbons (Fsp3) is 0. The molecule has 0 heterocycles. The summed E-state index contributed by atoms with van der Waals surface area (Å²) in [6, 6.07) is 4.69. The topological polar surface area (TPSA) is 47.6 Å². The number of hydrogen-bond donors (Lipinski definition) is 0. The van der Waals surface area contributed by atoms with Crippen molar-refractivity contribution in [3.05, 3.63) is 39.9 Å². The number of allylic oxidation sites excluding steroid dienone is 1. The highest BCUT2D eigenvalue weighted by Crippen LogP contribution is 2.23. The number of halogens is 3. The Morgan fingerprint density at radius 3 is 2.40 bits per heavy atom. The number of rotatable bonds is 1. The molecule has 0 N–H and O–H groups in total. The molecule has 1 aromatic rings. The van der Waals surface area contributed by atoms with E-state index >= 15 is 0 Å². The highest BCUT2D eigenvalue weighted by atomic mass is 35.5. The number of nitrogens with zero attached hydrogens (tertiary/aromatic N) is 2. The van der Waals surface area contributed by atoms with Crippen LogP contribution in [-0.2, 0) is 0 Å². The van der Waals surface area contributed by atoms with Gasteiger partial charge in [0.1, 0.15) is 29.3 Å². The third kappa shape index (κ3) is 2.52. The molecular weight excluding hydrogens is 222 g/mol. The monoisotopic (exact) mass is 224 g/mol. The van der Waals surface area contributed by atoms with Gasteiger partial charge in [0.25, 0.3) is 0 Å². The standard InChI is InChI=1S/C10H3ClF2N2/c11-10-7(1-6(4-14)5-15)2-8(12)3-9(10)13/h1-3H. The Labute approximate surface area is 89.6 Å². The Bertz CT molecular complexity index is 493. The van der Waals surface area contributed by atoms with Gasteiger partial charge >= 0.3 is 0 Å².